The molecule has 0 aromatic heterocycles. The minimum Gasteiger partial charge on any atom is -0.312 e. The summed E-state index contributed by atoms with van der Waals surface area (Å²) in [5, 5.41) is 3.87. The lowest BCUT2D eigenvalue weighted by Crippen LogP contribution is -2.54. The Kier molecular flexibility index (Phi) is 5.08. The van der Waals surface area contributed by atoms with Gasteiger partial charge in [0.25, 0.3) is 0 Å². The highest BCUT2D eigenvalue weighted by molar-refractivity contribution is 4.94. The van der Waals surface area contributed by atoms with Crippen LogP contribution in [0.2, 0.25) is 0 Å². The molecule has 0 saturated heterocycles. The molecule has 2 rings (SSSR count). The molecular formula is C16H32N2. The lowest BCUT2D eigenvalue weighted by atomic mass is 9.80. The number of hydrogen-bond acceptors (Lipinski definition) is 2. The maximum Gasteiger partial charge on any atom is 0.0327 e. The van der Waals surface area contributed by atoms with Crippen LogP contribution >= 0.6 is 0 Å². The molecule has 18 heavy (non-hydrogen) atoms. The van der Waals surface area contributed by atoms with E-state index >= 15 is 0 Å². The van der Waals surface area contributed by atoms with Crippen molar-refractivity contribution in [1.82, 2.24) is 10.2 Å². The van der Waals surface area contributed by atoms with Crippen LogP contribution in [0.3, 0.4) is 0 Å². The largest absolute Gasteiger partial charge is 0.312 e. The normalized spacial score (nSPS) is 26.7. The first-order chi connectivity index (χ1) is 8.64. The predicted octanol–water partition coefficient (Wildman–Crippen LogP) is 3.42. The third-order valence-electron chi connectivity index (χ3n) is 5.59. The van der Waals surface area contributed by atoms with Gasteiger partial charge in [-0.1, -0.05) is 32.1 Å². The first-order valence-electron chi connectivity index (χ1n) is 8.05. The summed E-state index contributed by atoms with van der Waals surface area (Å²) in [6, 6.07) is 0.714. The Balaban J connectivity index is 1.85. The van der Waals surface area contributed by atoms with Crippen molar-refractivity contribution in [2.45, 2.75) is 76.3 Å². The third-order valence-corrected chi connectivity index (χ3v) is 5.59. The van der Waals surface area contributed by atoms with Crippen LogP contribution in [0.15, 0.2) is 0 Å². The molecule has 0 amide bonds. The van der Waals surface area contributed by atoms with Crippen molar-refractivity contribution < 1.29 is 0 Å². The maximum atomic E-state index is 3.87. The van der Waals surface area contributed by atoms with Crippen LogP contribution in [0.5, 0.6) is 0 Å². The van der Waals surface area contributed by atoms with Gasteiger partial charge < -0.3 is 10.2 Å². The molecular weight excluding hydrogens is 220 g/mol. The quantitative estimate of drug-likeness (QED) is 0.806. The summed E-state index contributed by atoms with van der Waals surface area (Å²) in [4.78, 5) is 2.49. The molecule has 0 aromatic rings. The number of nitrogens with one attached hydrogen (secondary N) is 1. The summed E-state index contributed by atoms with van der Waals surface area (Å²) >= 11 is 0. The van der Waals surface area contributed by atoms with Gasteiger partial charge in [0.2, 0.25) is 0 Å². The van der Waals surface area contributed by atoms with Crippen molar-refractivity contribution in [2.24, 2.45) is 5.92 Å². The first-order valence-corrected chi connectivity index (χ1v) is 8.05. The second-order valence-corrected chi connectivity index (χ2v) is 6.89. The molecule has 2 saturated carbocycles. The first kappa shape index (κ1) is 14.3. The number of likely N-dealkylation sites (N-methyl/N-ethyl adjacent to an activating group) is 1. The van der Waals surface area contributed by atoms with E-state index in [9.17, 15) is 0 Å². The molecule has 1 atom stereocenters. The van der Waals surface area contributed by atoms with E-state index in [1.165, 1.54) is 64.3 Å². The zero-order valence-electron chi connectivity index (χ0n) is 12.7. The summed E-state index contributed by atoms with van der Waals surface area (Å²) in [5.74, 6) is 0.938. The molecule has 2 heteroatoms. The predicted molar refractivity (Wildman–Crippen MR) is 78.9 cm³/mol. The number of nitrogens with zero attached hydrogens (tertiary/aromatic N) is 1. The maximum absolute atomic E-state index is 3.87. The van der Waals surface area contributed by atoms with Gasteiger partial charge in [-0.05, 0) is 52.6 Å². The number of rotatable bonds is 5. The van der Waals surface area contributed by atoms with Crippen LogP contribution in [0, 0.1) is 5.92 Å². The van der Waals surface area contributed by atoms with Gasteiger partial charge in [0, 0.05) is 18.1 Å². The van der Waals surface area contributed by atoms with E-state index in [0.717, 1.165) is 5.92 Å². The Morgan fingerprint density at radius 3 is 2.22 bits per heavy atom. The average molecular weight is 252 g/mol. The second-order valence-electron chi connectivity index (χ2n) is 6.89. The highest BCUT2D eigenvalue weighted by Gasteiger charge is 2.34. The molecule has 2 fully saturated rings. The molecule has 1 unspecified atom stereocenters. The van der Waals surface area contributed by atoms with E-state index in [2.05, 4.69) is 31.2 Å². The van der Waals surface area contributed by atoms with E-state index in [1.807, 2.05) is 0 Å². The van der Waals surface area contributed by atoms with Crippen molar-refractivity contribution in [2.75, 3.05) is 20.6 Å². The number of hydrogen-bond donors (Lipinski definition) is 1. The molecule has 0 aliphatic heterocycles. The molecule has 2 nitrogen and oxygen atoms in total. The molecule has 0 spiro atoms. The van der Waals surface area contributed by atoms with Crippen LogP contribution in [0.1, 0.15) is 64.7 Å². The summed E-state index contributed by atoms with van der Waals surface area (Å²) in [5.41, 5.74) is 0.436. The van der Waals surface area contributed by atoms with Crippen molar-refractivity contribution in [3.8, 4) is 0 Å². The Morgan fingerprint density at radius 1 is 1.06 bits per heavy atom. The minimum absolute atomic E-state index is 0.436. The van der Waals surface area contributed by atoms with Crippen molar-refractivity contribution in [3.63, 3.8) is 0 Å². The van der Waals surface area contributed by atoms with Crippen LogP contribution in [-0.4, -0.2) is 37.1 Å². The van der Waals surface area contributed by atoms with Gasteiger partial charge in [0.15, 0.2) is 0 Å². The van der Waals surface area contributed by atoms with Gasteiger partial charge >= 0.3 is 0 Å². The molecule has 0 bridgehead atoms. The van der Waals surface area contributed by atoms with Crippen molar-refractivity contribution in [3.05, 3.63) is 0 Å². The zero-order chi connectivity index (χ0) is 13.0. The van der Waals surface area contributed by atoms with E-state index < -0.39 is 0 Å². The zero-order valence-corrected chi connectivity index (χ0v) is 12.7. The van der Waals surface area contributed by atoms with Crippen LogP contribution in [-0.2, 0) is 0 Å². The van der Waals surface area contributed by atoms with Gasteiger partial charge in [-0.15, -0.1) is 0 Å². The lowest BCUT2D eigenvalue weighted by molar-refractivity contribution is 0.0930. The smallest absolute Gasteiger partial charge is 0.0327 e. The van der Waals surface area contributed by atoms with Crippen LogP contribution < -0.4 is 5.32 Å². The van der Waals surface area contributed by atoms with Crippen molar-refractivity contribution in [1.29, 1.82) is 0 Å². The Labute approximate surface area is 114 Å². The molecule has 2 aliphatic rings. The highest BCUT2D eigenvalue weighted by atomic mass is 15.2. The van der Waals surface area contributed by atoms with Gasteiger partial charge in [-0.3, -0.25) is 0 Å². The summed E-state index contributed by atoms with van der Waals surface area (Å²) in [6.45, 7) is 3.60. The van der Waals surface area contributed by atoms with E-state index in [0.29, 0.717) is 11.6 Å². The van der Waals surface area contributed by atoms with Gasteiger partial charge in [0.05, 0.1) is 0 Å². The Morgan fingerprint density at radius 2 is 1.67 bits per heavy atom. The van der Waals surface area contributed by atoms with Crippen molar-refractivity contribution >= 4 is 0 Å². The summed E-state index contributed by atoms with van der Waals surface area (Å²) in [7, 11) is 4.54. The fraction of sp³-hybridized carbons (Fsp3) is 1.00. The highest BCUT2D eigenvalue weighted by Crippen LogP contribution is 2.33. The molecule has 0 radical (unpaired) electrons. The molecule has 2 aliphatic carbocycles. The fourth-order valence-corrected chi connectivity index (χ4v) is 3.97. The standard InChI is InChI=1S/C16H32N2/c1-14(15-9-5-6-10-15)17-13-16(18(2)3)11-7-4-8-12-16/h14-15,17H,4-13H2,1-3H3. The third kappa shape index (κ3) is 3.27. The van der Waals surface area contributed by atoms with Crippen LogP contribution in [0.25, 0.3) is 0 Å². The SMILES string of the molecule is CC(NCC1(N(C)C)CCCCC1)C1CCCC1. The molecule has 106 valence electrons. The van der Waals surface area contributed by atoms with Crippen LogP contribution in [0.4, 0.5) is 0 Å². The van der Waals surface area contributed by atoms with E-state index in [-0.39, 0.29) is 0 Å². The fourth-order valence-electron chi connectivity index (χ4n) is 3.97. The minimum atomic E-state index is 0.436. The van der Waals surface area contributed by atoms with Gasteiger partial charge in [-0.2, -0.15) is 0 Å². The second kappa shape index (κ2) is 6.38. The van der Waals surface area contributed by atoms with E-state index in [1.54, 1.807) is 0 Å². The summed E-state index contributed by atoms with van der Waals surface area (Å²) in [6.07, 6.45) is 12.8. The van der Waals surface area contributed by atoms with E-state index in [4.69, 9.17) is 0 Å². The molecule has 0 aromatic carbocycles. The Bertz CT molecular complexity index is 237. The lowest BCUT2D eigenvalue weighted by Gasteiger charge is -2.44. The topological polar surface area (TPSA) is 15.3 Å². The van der Waals surface area contributed by atoms with Gasteiger partial charge in [0.1, 0.15) is 0 Å². The Hall–Kier alpha value is -0.0800. The average Bonchev–Trinajstić information content (AvgIpc) is 2.91. The van der Waals surface area contributed by atoms with Gasteiger partial charge in [-0.25, -0.2) is 0 Å². The molecule has 0 heterocycles. The molecule has 1 N–H and O–H groups in total. The summed E-state index contributed by atoms with van der Waals surface area (Å²) < 4.78 is 0. The monoisotopic (exact) mass is 252 g/mol.